The molecular formula is C15H15FN2O3. The van der Waals surface area contributed by atoms with Crippen molar-refractivity contribution in [3.8, 4) is 5.75 Å². The molecule has 21 heavy (non-hydrogen) atoms. The van der Waals surface area contributed by atoms with Gasteiger partial charge in [-0.25, -0.2) is 10.2 Å². The first-order valence-electron chi connectivity index (χ1n) is 6.26. The lowest BCUT2D eigenvalue weighted by Gasteiger charge is -2.11. The van der Waals surface area contributed by atoms with Crippen LogP contribution in [0.25, 0.3) is 0 Å². The molecule has 0 atom stereocenters. The second-order valence-corrected chi connectivity index (χ2v) is 4.33. The number of aliphatic hydroxyl groups is 1. The molecule has 0 aliphatic carbocycles. The Morgan fingerprint density at radius 3 is 2.71 bits per heavy atom. The summed E-state index contributed by atoms with van der Waals surface area (Å²) in [6, 6.07) is 10.8. The average Bonchev–Trinajstić information content (AvgIpc) is 2.53. The van der Waals surface area contributed by atoms with Crippen LogP contribution < -0.4 is 16.0 Å². The second-order valence-electron chi connectivity index (χ2n) is 4.33. The van der Waals surface area contributed by atoms with Gasteiger partial charge in [-0.05, 0) is 24.3 Å². The van der Waals surface area contributed by atoms with Crippen molar-refractivity contribution >= 4 is 5.91 Å². The average molecular weight is 290 g/mol. The lowest BCUT2D eigenvalue weighted by Crippen LogP contribution is -2.30. The molecule has 1 amide bonds. The highest BCUT2D eigenvalue weighted by atomic mass is 19.1. The van der Waals surface area contributed by atoms with Crippen LogP contribution in [0.1, 0.15) is 21.5 Å². The van der Waals surface area contributed by atoms with E-state index in [-0.39, 0.29) is 24.3 Å². The van der Waals surface area contributed by atoms with Crippen molar-refractivity contribution in [2.24, 2.45) is 5.84 Å². The minimum atomic E-state index is -0.507. The van der Waals surface area contributed by atoms with Gasteiger partial charge in [0.05, 0.1) is 6.61 Å². The molecule has 0 aliphatic heterocycles. The number of carbonyl (C=O) groups excluding carboxylic acids is 1. The number of hydrogen-bond acceptors (Lipinski definition) is 4. The minimum Gasteiger partial charge on any atom is -0.488 e. The zero-order chi connectivity index (χ0) is 15.2. The highest BCUT2D eigenvalue weighted by Crippen LogP contribution is 2.20. The molecule has 4 N–H and O–H groups in total. The monoisotopic (exact) mass is 290 g/mol. The molecule has 0 saturated carbocycles. The number of carbonyl (C=O) groups is 1. The maximum atomic E-state index is 13.7. The van der Waals surface area contributed by atoms with Crippen LogP contribution >= 0.6 is 0 Å². The van der Waals surface area contributed by atoms with Gasteiger partial charge in [0.2, 0.25) is 0 Å². The number of hydrazine groups is 1. The van der Waals surface area contributed by atoms with Crippen LogP contribution in [0.3, 0.4) is 0 Å². The van der Waals surface area contributed by atoms with Crippen LogP contribution in [-0.4, -0.2) is 11.0 Å². The van der Waals surface area contributed by atoms with Gasteiger partial charge in [0, 0.05) is 16.7 Å². The van der Waals surface area contributed by atoms with E-state index in [0.29, 0.717) is 11.3 Å². The SMILES string of the molecule is NNC(=O)c1ccc(F)c(COc2ccccc2CO)c1. The summed E-state index contributed by atoms with van der Waals surface area (Å²) in [5, 5.41) is 9.20. The second kappa shape index (κ2) is 6.83. The van der Waals surface area contributed by atoms with Gasteiger partial charge >= 0.3 is 0 Å². The quantitative estimate of drug-likeness (QED) is 0.442. The van der Waals surface area contributed by atoms with E-state index in [9.17, 15) is 14.3 Å². The molecule has 2 rings (SSSR count). The topological polar surface area (TPSA) is 84.6 Å². The molecule has 0 aliphatic rings. The van der Waals surface area contributed by atoms with E-state index in [4.69, 9.17) is 10.6 Å². The summed E-state index contributed by atoms with van der Waals surface area (Å²) < 4.78 is 19.2. The number of nitrogen functional groups attached to an aromatic ring is 1. The summed E-state index contributed by atoms with van der Waals surface area (Å²) in [5.74, 6) is 4.52. The van der Waals surface area contributed by atoms with Gasteiger partial charge in [-0.2, -0.15) is 0 Å². The van der Waals surface area contributed by atoms with E-state index >= 15 is 0 Å². The molecule has 2 aromatic carbocycles. The maximum Gasteiger partial charge on any atom is 0.265 e. The number of halogens is 1. The maximum absolute atomic E-state index is 13.7. The van der Waals surface area contributed by atoms with Crippen LogP contribution in [0.4, 0.5) is 4.39 Å². The number of amides is 1. The molecule has 6 heteroatoms. The van der Waals surface area contributed by atoms with Crippen molar-refractivity contribution in [3.63, 3.8) is 0 Å². The third kappa shape index (κ3) is 3.56. The molecule has 2 aromatic rings. The Hall–Kier alpha value is -2.44. The van der Waals surface area contributed by atoms with Gasteiger partial charge in [0.25, 0.3) is 5.91 Å². The number of aliphatic hydroxyl groups excluding tert-OH is 1. The molecule has 0 unspecified atom stereocenters. The highest BCUT2D eigenvalue weighted by Gasteiger charge is 2.10. The molecule has 110 valence electrons. The summed E-state index contributed by atoms with van der Waals surface area (Å²) in [4.78, 5) is 11.4. The normalized spacial score (nSPS) is 10.2. The predicted molar refractivity (Wildman–Crippen MR) is 74.8 cm³/mol. The molecular weight excluding hydrogens is 275 g/mol. The Labute approximate surface area is 121 Å². The molecule has 0 radical (unpaired) electrons. The van der Waals surface area contributed by atoms with E-state index in [1.165, 1.54) is 18.2 Å². The van der Waals surface area contributed by atoms with Crippen LogP contribution in [0.5, 0.6) is 5.75 Å². The standard InChI is InChI=1S/C15H15FN2O3/c16-13-6-5-10(15(20)18-17)7-12(13)9-21-14-4-2-1-3-11(14)8-19/h1-7,19H,8-9,17H2,(H,18,20). The highest BCUT2D eigenvalue weighted by molar-refractivity contribution is 5.93. The van der Waals surface area contributed by atoms with Crippen molar-refractivity contribution in [1.82, 2.24) is 5.43 Å². The lowest BCUT2D eigenvalue weighted by atomic mass is 10.1. The predicted octanol–water partition coefficient (Wildman–Crippen LogP) is 1.50. The summed E-state index contributed by atoms with van der Waals surface area (Å²) >= 11 is 0. The summed E-state index contributed by atoms with van der Waals surface area (Å²) in [5.41, 5.74) is 3.06. The van der Waals surface area contributed by atoms with Crippen LogP contribution in [0, 0.1) is 5.82 Å². The number of rotatable bonds is 5. The third-order valence-corrected chi connectivity index (χ3v) is 2.97. The Kier molecular flexibility index (Phi) is 4.86. The fourth-order valence-electron chi connectivity index (χ4n) is 1.84. The number of nitrogens with one attached hydrogen (secondary N) is 1. The summed E-state index contributed by atoms with van der Waals surface area (Å²) in [6.07, 6.45) is 0. The fourth-order valence-corrected chi connectivity index (χ4v) is 1.84. The molecule has 0 fully saturated rings. The van der Waals surface area contributed by atoms with Gasteiger partial charge in [-0.3, -0.25) is 10.2 Å². The summed E-state index contributed by atoms with van der Waals surface area (Å²) in [7, 11) is 0. The van der Waals surface area contributed by atoms with Gasteiger partial charge in [-0.1, -0.05) is 18.2 Å². The van der Waals surface area contributed by atoms with E-state index in [0.717, 1.165) is 0 Å². The lowest BCUT2D eigenvalue weighted by molar-refractivity contribution is 0.0953. The van der Waals surface area contributed by atoms with Crippen molar-refractivity contribution in [2.75, 3.05) is 0 Å². The van der Waals surface area contributed by atoms with Crippen molar-refractivity contribution in [3.05, 3.63) is 65.0 Å². The largest absolute Gasteiger partial charge is 0.488 e. The first-order valence-corrected chi connectivity index (χ1v) is 6.26. The third-order valence-electron chi connectivity index (χ3n) is 2.97. The summed E-state index contributed by atoms with van der Waals surface area (Å²) in [6.45, 7) is -0.233. The molecule has 0 bridgehead atoms. The zero-order valence-electron chi connectivity index (χ0n) is 11.2. The Balaban J connectivity index is 2.17. The van der Waals surface area contributed by atoms with E-state index in [2.05, 4.69) is 0 Å². The first-order chi connectivity index (χ1) is 10.2. The van der Waals surface area contributed by atoms with E-state index in [1.807, 2.05) is 5.43 Å². The van der Waals surface area contributed by atoms with Gasteiger partial charge in [-0.15, -0.1) is 0 Å². The van der Waals surface area contributed by atoms with Crippen molar-refractivity contribution in [1.29, 1.82) is 0 Å². The molecule has 5 nitrogen and oxygen atoms in total. The number of ether oxygens (including phenoxy) is 1. The van der Waals surface area contributed by atoms with Crippen LogP contribution in [0.2, 0.25) is 0 Å². The van der Waals surface area contributed by atoms with Crippen molar-refractivity contribution < 1.29 is 19.0 Å². The molecule has 0 saturated heterocycles. The Morgan fingerprint density at radius 1 is 1.24 bits per heavy atom. The Morgan fingerprint density at radius 2 is 2.00 bits per heavy atom. The van der Waals surface area contributed by atoms with E-state index in [1.54, 1.807) is 24.3 Å². The molecule has 0 aromatic heterocycles. The van der Waals surface area contributed by atoms with Crippen LogP contribution in [0.15, 0.2) is 42.5 Å². The zero-order valence-corrected chi connectivity index (χ0v) is 11.2. The van der Waals surface area contributed by atoms with Gasteiger partial charge in [0.15, 0.2) is 0 Å². The number of para-hydroxylation sites is 1. The number of hydrogen-bond donors (Lipinski definition) is 3. The number of benzene rings is 2. The fraction of sp³-hybridized carbons (Fsp3) is 0.133. The molecule has 0 heterocycles. The molecule has 0 spiro atoms. The Bertz CT molecular complexity index is 647. The smallest absolute Gasteiger partial charge is 0.265 e. The first kappa shape index (κ1) is 15.0. The van der Waals surface area contributed by atoms with Gasteiger partial charge in [0.1, 0.15) is 18.2 Å². The number of nitrogens with two attached hydrogens (primary N) is 1. The van der Waals surface area contributed by atoms with E-state index < -0.39 is 11.7 Å². The van der Waals surface area contributed by atoms with Crippen molar-refractivity contribution in [2.45, 2.75) is 13.2 Å². The van der Waals surface area contributed by atoms with Gasteiger partial charge < -0.3 is 9.84 Å². The van der Waals surface area contributed by atoms with Crippen LogP contribution in [-0.2, 0) is 13.2 Å². The minimum absolute atomic E-state index is 0.0610.